The van der Waals surface area contributed by atoms with Crippen LogP contribution in [-0.2, 0) is 14.4 Å². The van der Waals surface area contributed by atoms with Crippen LogP contribution in [0.1, 0.15) is 59.2 Å². The van der Waals surface area contributed by atoms with E-state index in [1.165, 1.54) is 18.2 Å². The van der Waals surface area contributed by atoms with E-state index >= 15 is 0 Å². The summed E-state index contributed by atoms with van der Waals surface area (Å²) in [5.41, 5.74) is 2.94. The molecule has 0 unspecified atom stereocenters. The van der Waals surface area contributed by atoms with Crippen LogP contribution in [-0.4, -0.2) is 55.0 Å². The van der Waals surface area contributed by atoms with Gasteiger partial charge in [-0.15, -0.1) is 5.06 Å². The summed E-state index contributed by atoms with van der Waals surface area (Å²) in [5.74, 6) is -2.99. The van der Waals surface area contributed by atoms with E-state index in [4.69, 9.17) is 9.25 Å². The number of rotatable bonds is 5. The number of carbonyl (C=O) groups excluding carboxylic acids is 4. The molecule has 3 fully saturated rings. The number of nitrogens with zero attached hydrogens (tertiary/aromatic N) is 3. The van der Waals surface area contributed by atoms with Gasteiger partial charge in [-0.1, -0.05) is 6.07 Å². The summed E-state index contributed by atoms with van der Waals surface area (Å²) in [6.45, 7) is 3.80. The van der Waals surface area contributed by atoms with Crippen LogP contribution in [0.4, 0.5) is 5.69 Å². The molecule has 0 radical (unpaired) electrons. The van der Waals surface area contributed by atoms with Gasteiger partial charge in [0.15, 0.2) is 0 Å². The minimum Gasteiger partial charge on any atom is -0.545 e. The summed E-state index contributed by atoms with van der Waals surface area (Å²) in [7, 11) is 0. The van der Waals surface area contributed by atoms with Gasteiger partial charge in [-0.3, -0.25) is 9.59 Å². The van der Waals surface area contributed by atoms with E-state index in [0.717, 1.165) is 62.9 Å². The summed E-state index contributed by atoms with van der Waals surface area (Å²) < 4.78 is 8.80. The Hall–Kier alpha value is -4.99. The van der Waals surface area contributed by atoms with E-state index < -0.39 is 23.8 Å². The third-order valence-electron chi connectivity index (χ3n) is 8.56. The van der Waals surface area contributed by atoms with Crippen molar-refractivity contribution in [2.24, 2.45) is 0 Å². The Morgan fingerprint density at radius 3 is 2.30 bits per heavy atom. The molecular weight excluding hydrogens is 550 g/mol. The molecule has 5 aliphatic rings. The summed E-state index contributed by atoms with van der Waals surface area (Å²) in [6, 6.07) is 15.8. The number of benzene rings is 3. The number of hydrogen-bond acceptors (Lipinski definition) is 8. The van der Waals surface area contributed by atoms with Crippen LogP contribution in [0, 0.1) is 0 Å². The van der Waals surface area contributed by atoms with Crippen LogP contribution in [0.2, 0.25) is 0 Å². The summed E-state index contributed by atoms with van der Waals surface area (Å²) in [6.07, 6.45) is 4.39. The fraction of sp³-hybridized carbons (Fsp3) is 0.303. The van der Waals surface area contributed by atoms with Crippen LogP contribution in [0.25, 0.3) is 33.4 Å². The molecule has 0 aromatic heterocycles. The molecule has 0 atom stereocenters. The number of hydrogen-bond donors (Lipinski definition) is 0. The van der Waals surface area contributed by atoms with Crippen molar-refractivity contribution in [1.29, 1.82) is 0 Å². The van der Waals surface area contributed by atoms with Gasteiger partial charge in [-0.2, -0.15) is 0 Å². The number of carbonyl (C=O) groups is 4. The molecule has 0 N–H and O–H groups in total. The van der Waals surface area contributed by atoms with E-state index in [2.05, 4.69) is 9.48 Å². The molecular formula is C33H29N3O7. The van der Waals surface area contributed by atoms with Crippen molar-refractivity contribution >= 4 is 40.4 Å². The zero-order chi connectivity index (χ0) is 29.7. The molecule has 2 aromatic carbocycles. The zero-order valence-corrected chi connectivity index (χ0v) is 23.5. The molecule has 0 spiro atoms. The van der Waals surface area contributed by atoms with Crippen molar-refractivity contribution < 1.29 is 33.5 Å². The van der Waals surface area contributed by atoms with Gasteiger partial charge < -0.3 is 24.1 Å². The first-order valence-corrected chi connectivity index (χ1v) is 14.6. The highest BCUT2D eigenvalue weighted by atomic mass is 16.7. The molecule has 3 saturated heterocycles. The minimum atomic E-state index is -1.41. The molecule has 10 heteroatoms. The predicted molar refractivity (Wildman–Crippen MR) is 155 cm³/mol. The van der Waals surface area contributed by atoms with Gasteiger partial charge in [0, 0.05) is 78.7 Å². The van der Waals surface area contributed by atoms with Crippen molar-refractivity contribution in [2.45, 2.75) is 38.5 Å². The standard InChI is InChI=1S/C33H29N3O7/c37-29-11-12-30(38)36(29)43-33(41)20-5-8-23(32(39)40)26(17-20)31-24-9-6-21(34-13-1-2-14-34)18-27(24)42-28-19-22(7-10-25(28)31)35-15-3-4-16-35/h5-10,17-19H,1-4,11-16H2. The lowest BCUT2D eigenvalue weighted by Gasteiger charge is -2.21. The lowest BCUT2D eigenvalue weighted by Crippen LogP contribution is -2.32. The number of carboxylic acids is 1. The average molecular weight is 580 g/mol. The van der Waals surface area contributed by atoms with Crippen molar-refractivity contribution in [3.05, 3.63) is 71.1 Å². The molecule has 10 nitrogen and oxygen atoms in total. The van der Waals surface area contributed by atoms with Gasteiger partial charge in [0.05, 0.1) is 17.6 Å². The fourth-order valence-corrected chi connectivity index (χ4v) is 6.35. The van der Waals surface area contributed by atoms with E-state index in [0.29, 0.717) is 32.9 Å². The zero-order valence-electron chi connectivity index (χ0n) is 23.5. The molecule has 2 aromatic rings. The maximum atomic E-state index is 13.1. The molecule has 0 saturated carbocycles. The van der Waals surface area contributed by atoms with Crippen LogP contribution in [0.15, 0.2) is 59.0 Å². The summed E-state index contributed by atoms with van der Waals surface area (Å²) in [4.78, 5) is 57.0. The Balaban J connectivity index is 1.44. The van der Waals surface area contributed by atoms with Gasteiger partial charge >= 0.3 is 5.97 Å². The summed E-state index contributed by atoms with van der Waals surface area (Å²) in [5, 5.41) is 14.6. The summed E-state index contributed by atoms with van der Waals surface area (Å²) >= 11 is 0. The van der Waals surface area contributed by atoms with E-state index in [9.17, 15) is 24.3 Å². The highest BCUT2D eigenvalue weighted by molar-refractivity contribution is 6.09. The van der Waals surface area contributed by atoms with E-state index in [1.807, 2.05) is 36.4 Å². The normalized spacial score (nSPS) is 17.1. The highest BCUT2D eigenvalue weighted by Gasteiger charge is 2.33. The molecule has 1 aliphatic carbocycles. The average Bonchev–Trinajstić information content (AvgIpc) is 3.80. The molecule has 2 amide bonds. The minimum absolute atomic E-state index is 0.0167. The SMILES string of the molecule is O=C(ON1C(=O)CCC1=O)c1ccc(C(=O)[O-])c(-c2c3ccc(=[N+]4CCCC4)cc-3oc3cc(N4CCCC4)ccc23)c1. The molecule has 0 bridgehead atoms. The van der Waals surface area contributed by atoms with E-state index in [1.54, 1.807) is 0 Å². The number of imide groups is 1. The van der Waals surface area contributed by atoms with Gasteiger partial charge in [0.1, 0.15) is 24.4 Å². The molecule has 4 aliphatic heterocycles. The Kier molecular flexibility index (Phi) is 6.68. The van der Waals surface area contributed by atoms with Gasteiger partial charge in [-0.25, -0.2) is 9.37 Å². The van der Waals surface area contributed by atoms with Gasteiger partial charge in [-0.05, 0) is 48.7 Å². The number of carboxylic acid groups (broad SMARTS) is 1. The molecule has 4 heterocycles. The quantitative estimate of drug-likeness (QED) is 0.201. The first kappa shape index (κ1) is 26.9. The maximum absolute atomic E-state index is 13.1. The molecule has 43 heavy (non-hydrogen) atoms. The number of fused-ring (bicyclic) bond motifs is 2. The first-order chi connectivity index (χ1) is 20.9. The van der Waals surface area contributed by atoms with Crippen molar-refractivity contribution in [3.63, 3.8) is 0 Å². The largest absolute Gasteiger partial charge is 0.545 e. The number of amides is 2. The molecule has 7 rings (SSSR count). The number of anilines is 1. The lowest BCUT2D eigenvalue weighted by molar-refractivity contribution is -0.254. The second-order valence-corrected chi connectivity index (χ2v) is 11.2. The highest BCUT2D eigenvalue weighted by Crippen LogP contribution is 2.42. The fourth-order valence-electron chi connectivity index (χ4n) is 6.35. The molecule has 218 valence electrons. The Labute approximate surface area is 246 Å². The Morgan fingerprint density at radius 2 is 1.58 bits per heavy atom. The number of aromatic carboxylic acids is 1. The topological polar surface area (TPSA) is 123 Å². The van der Waals surface area contributed by atoms with Crippen molar-refractivity contribution in [3.8, 4) is 22.5 Å². The van der Waals surface area contributed by atoms with Gasteiger partial charge in [0.2, 0.25) is 5.36 Å². The maximum Gasteiger partial charge on any atom is 0.363 e. The second kappa shape index (κ2) is 10.7. The van der Waals surface area contributed by atoms with Crippen LogP contribution >= 0.6 is 0 Å². The monoisotopic (exact) mass is 579 g/mol. The Morgan fingerprint density at radius 1 is 0.837 bits per heavy atom. The van der Waals surface area contributed by atoms with Crippen molar-refractivity contribution in [1.82, 2.24) is 9.64 Å². The second-order valence-electron chi connectivity index (χ2n) is 11.2. The smallest absolute Gasteiger partial charge is 0.363 e. The Bertz CT molecular complexity index is 1840. The number of hydroxylamine groups is 2. The third-order valence-corrected chi connectivity index (χ3v) is 8.56. The van der Waals surface area contributed by atoms with E-state index in [-0.39, 0.29) is 29.5 Å². The van der Waals surface area contributed by atoms with Crippen molar-refractivity contribution in [2.75, 3.05) is 31.1 Å². The van der Waals surface area contributed by atoms with Crippen LogP contribution in [0.5, 0.6) is 0 Å². The lowest BCUT2D eigenvalue weighted by atomic mass is 9.89. The first-order valence-electron chi connectivity index (χ1n) is 14.6. The van der Waals surface area contributed by atoms with Crippen LogP contribution in [0.3, 0.4) is 0 Å². The third kappa shape index (κ3) is 4.82. The van der Waals surface area contributed by atoms with Crippen LogP contribution < -0.4 is 19.9 Å². The van der Waals surface area contributed by atoms with Gasteiger partial charge in [0.25, 0.3) is 11.8 Å². The predicted octanol–water partition coefficient (Wildman–Crippen LogP) is 2.96.